The largest absolute Gasteiger partial charge is 0.515 e. The van der Waals surface area contributed by atoms with E-state index in [0.29, 0.717) is 18.3 Å². The van der Waals surface area contributed by atoms with Gasteiger partial charge in [0.2, 0.25) is 0 Å². The van der Waals surface area contributed by atoms with Gasteiger partial charge in [-0.1, -0.05) is 0 Å². The van der Waals surface area contributed by atoms with Gasteiger partial charge in [0, 0.05) is 6.07 Å². The van der Waals surface area contributed by atoms with Gasteiger partial charge in [0.25, 0.3) is 5.69 Å². The Morgan fingerprint density at radius 2 is 2.18 bits per heavy atom. The van der Waals surface area contributed by atoms with Crippen LogP contribution in [0.3, 0.4) is 0 Å². The number of hydrogen-bond donors (Lipinski definition) is 1. The molecular formula is C10H11NO6. The highest BCUT2D eigenvalue weighted by Crippen LogP contribution is 2.28. The van der Waals surface area contributed by atoms with E-state index >= 15 is 0 Å². The number of aldehydes is 1. The van der Waals surface area contributed by atoms with Crippen molar-refractivity contribution in [1.82, 2.24) is 0 Å². The van der Waals surface area contributed by atoms with E-state index < -0.39 is 4.92 Å². The molecule has 0 heterocycles. The molecule has 7 nitrogen and oxygen atoms in total. The number of benzene rings is 1. The fraction of sp³-hybridized carbons (Fsp3) is 0.100. The minimum atomic E-state index is -0.637. The number of allylic oxidation sites excluding steroid dienone is 1. The second kappa shape index (κ2) is 6.23. The molecule has 0 atom stereocenters. The van der Waals surface area contributed by atoms with Crippen molar-refractivity contribution in [1.29, 1.82) is 0 Å². The molecule has 1 aromatic carbocycles. The van der Waals surface area contributed by atoms with E-state index in [-0.39, 0.29) is 22.3 Å². The van der Waals surface area contributed by atoms with Crippen molar-refractivity contribution in [3.8, 4) is 5.75 Å². The highest BCUT2D eigenvalue weighted by Gasteiger charge is 2.17. The van der Waals surface area contributed by atoms with Crippen LogP contribution >= 0.6 is 0 Å². The monoisotopic (exact) mass is 241 g/mol. The molecule has 0 unspecified atom stereocenters. The summed E-state index contributed by atoms with van der Waals surface area (Å²) in [6, 6.07) is 3.93. The van der Waals surface area contributed by atoms with Crippen LogP contribution in [0.1, 0.15) is 5.56 Å². The topological polar surface area (TPSA) is 121 Å². The van der Waals surface area contributed by atoms with Gasteiger partial charge in [-0.25, -0.2) is 0 Å². The van der Waals surface area contributed by atoms with Crippen LogP contribution < -0.4 is 4.74 Å². The lowest BCUT2D eigenvalue weighted by molar-refractivity contribution is -0.385. The Kier molecular flexibility index (Phi) is 5.35. The van der Waals surface area contributed by atoms with E-state index in [4.69, 9.17) is 9.84 Å². The third-order valence-corrected chi connectivity index (χ3v) is 1.98. The van der Waals surface area contributed by atoms with Gasteiger partial charge in [-0.3, -0.25) is 14.9 Å². The maximum Gasteiger partial charge on any atom is 0.277 e. The number of aliphatic hydroxyl groups excluding tert-OH is 1. The molecule has 7 heteroatoms. The molecule has 0 aliphatic heterocycles. The van der Waals surface area contributed by atoms with Crippen molar-refractivity contribution in [2.24, 2.45) is 0 Å². The van der Waals surface area contributed by atoms with Crippen LogP contribution in [0.25, 0.3) is 5.57 Å². The summed E-state index contributed by atoms with van der Waals surface area (Å²) < 4.78 is 4.88. The Balaban J connectivity index is 0.00000256. The van der Waals surface area contributed by atoms with Crippen LogP contribution in [0.15, 0.2) is 24.5 Å². The Labute approximate surface area is 96.4 Å². The second-order valence-corrected chi connectivity index (χ2v) is 2.84. The quantitative estimate of drug-likeness (QED) is 0.275. The SMILES string of the molecule is COc1ccc([N+](=O)[O-])c(C(C=O)=CO)c1.O. The summed E-state index contributed by atoms with van der Waals surface area (Å²) in [4.78, 5) is 20.7. The van der Waals surface area contributed by atoms with Gasteiger partial charge in [0.05, 0.1) is 29.4 Å². The lowest BCUT2D eigenvalue weighted by Gasteiger charge is -2.04. The van der Waals surface area contributed by atoms with Crippen LogP contribution in [-0.4, -0.2) is 28.9 Å². The maximum atomic E-state index is 10.7. The summed E-state index contributed by atoms with van der Waals surface area (Å²) in [7, 11) is 1.40. The summed E-state index contributed by atoms with van der Waals surface area (Å²) in [5.41, 5.74) is -0.430. The number of aliphatic hydroxyl groups is 1. The highest BCUT2D eigenvalue weighted by molar-refractivity contribution is 6.08. The number of carbonyl (C=O) groups excluding carboxylic acids is 1. The van der Waals surface area contributed by atoms with Crippen LogP contribution in [0, 0.1) is 10.1 Å². The Morgan fingerprint density at radius 1 is 1.53 bits per heavy atom. The molecule has 0 spiro atoms. The van der Waals surface area contributed by atoms with Gasteiger partial charge < -0.3 is 15.3 Å². The normalized spacial score (nSPS) is 10.3. The van der Waals surface area contributed by atoms with Crippen molar-refractivity contribution in [3.05, 3.63) is 40.1 Å². The zero-order valence-electron chi connectivity index (χ0n) is 8.91. The summed E-state index contributed by atoms with van der Waals surface area (Å²) in [5, 5.41) is 19.5. The molecule has 0 aromatic heterocycles. The van der Waals surface area contributed by atoms with Crippen LogP contribution in [0.2, 0.25) is 0 Å². The van der Waals surface area contributed by atoms with Crippen molar-refractivity contribution < 1.29 is 25.0 Å². The predicted octanol–water partition coefficient (Wildman–Crippen LogP) is 0.876. The first-order chi connectivity index (χ1) is 7.63. The number of nitrogens with zero attached hydrogens (tertiary/aromatic N) is 1. The van der Waals surface area contributed by atoms with Gasteiger partial charge >= 0.3 is 0 Å². The van der Waals surface area contributed by atoms with E-state index in [9.17, 15) is 14.9 Å². The lowest BCUT2D eigenvalue weighted by Crippen LogP contribution is -1.97. The number of hydrogen-bond acceptors (Lipinski definition) is 5. The minimum absolute atomic E-state index is 0. The van der Waals surface area contributed by atoms with Crippen molar-refractivity contribution in [3.63, 3.8) is 0 Å². The highest BCUT2D eigenvalue weighted by atomic mass is 16.6. The van der Waals surface area contributed by atoms with Gasteiger partial charge in [-0.15, -0.1) is 0 Å². The second-order valence-electron chi connectivity index (χ2n) is 2.84. The maximum absolute atomic E-state index is 10.7. The molecule has 0 saturated carbocycles. The molecule has 0 amide bonds. The standard InChI is InChI=1S/C10H9NO5.H2O/c1-16-8-2-3-10(11(14)15)9(4-8)7(5-12)6-13;/h2-6,12H,1H3;1H2. The van der Waals surface area contributed by atoms with Crippen LogP contribution in [-0.2, 0) is 4.79 Å². The first kappa shape index (κ1) is 14.6. The molecule has 0 bridgehead atoms. The average molecular weight is 241 g/mol. The van der Waals surface area contributed by atoms with Gasteiger partial charge in [-0.05, 0) is 12.1 Å². The zero-order valence-corrected chi connectivity index (χ0v) is 8.91. The third-order valence-electron chi connectivity index (χ3n) is 1.98. The molecule has 1 rings (SSSR count). The summed E-state index contributed by atoms with van der Waals surface area (Å²) in [5.74, 6) is 0.363. The van der Waals surface area contributed by atoms with Crippen molar-refractivity contribution >= 4 is 17.5 Å². The van der Waals surface area contributed by atoms with Crippen molar-refractivity contribution in [2.45, 2.75) is 0 Å². The fourth-order valence-corrected chi connectivity index (χ4v) is 1.20. The number of ether oxygens (including phenoxy) is 1. The molecule has 0 saturated heterocycles. The van der Waals surface area contributed by atoms with Gasteiger partial charge in [0.15, 0.2) is 6.29 Å². The average Bonchev–Trinajstić information content (AvgIpc) is 2.30. The molecule has 0 aliphatic rings. The first-order valence-corrected chi connectivity index (χ1v) is 4.26. The molecule has 0 radical (unpaired) electrons. The van der Waals surface area contributed by atoms with E-state index in [0.717, 1.165) is 0 Å². The van der Waals surface area contributed by atoms with E-state index in [1.54, 1.807) is 0 Å². The number of nitro benzene ring substituents is 1. The van der Waals surface area contributed by atoms with Gasteiger partial charge in [-0.2, -0.15) is 0 Å². The number of methoxy groups -OCH3 is 1. The molecule has 92 valence electrons. The van der Waals surface area contributed by atoms with Crippen LogP contribution in [0.5, 0.6) is 5.75 Å². The van der Waals surface area contributed by atoms with Crippen LogP contribution in [0.4, 0.5) is 5.69 Å². The zero-order chi connectivity index (χ0) is 12.1. The number of carbonyl (C=O) groups is 1. The summed E-state index contributed by atoms with van der Waals surface area (Å²) in [6.07, 6.45) is 0.858. The number of rotatable bonds is 4. The van der Waals surface area contributed by atoms with E-state index in [2.05, 4.69) is 0 Å². The summed E-state index contributed by atoms with van der Waals surface area (Å²) >= 11 is 0. The Morgan fingerprint density at radius 3 is 2.59 bits per heavy atom. The molecule has 17 heavy (non-hydrogen) atoms. The third kappa shape index (κ3) is 3.02. The Bertz CT molecular complexity index is 454. The summed E-state index contributed by atoms with van der Waals surface area (Å²) in [6.45, 7) is 0. The molecule has 1 aromatic rings. The fourth-order valence-electron chi connectivity index (χ4n) is 1.20. The lowest BCUT2D eigenvalue weighted by atomic mass is 10.1. The smallest absolute Gasteiger partial charge is 0.277 e. The molecule has 0 aliphatic carbocycles. The van der Waals surface area contributed by atoms with E-state index in [1.165, 1.54) is 25.3 Å². The molecule has 3 N–H and O–H groups in total. The minimum Gasteiger partial charge on any atom is -0.515 e. The van der Waals surface area contributed by atoms with Gasteiger partial charge in [0.1, 0.15) is 5.75 Å². The number of nitro groups is 1. The van der Waals surface area contributed by atoms with E-state index in [1.807, 2.05) is 0 Å². The first-order valence-electron chi connectivity index (χ1n) is 4.26. The van der Waals surface area contributed by atoms with Crippen molar-refractivity contribution in [2.75, 3.05) is 7.11 Å². The molecular weight excluding hydrogens is 230 g/mol. The predicted molar refractivity (Wildman–Crippen MR) is 59.9 cm³/mol. The Hall–Kier alpha value is -2.41. The molecule has 0 fully saturated rings.